The molecule has 5 aliphatic rings. The zero-order chi connectivity index (χ0) is 31.9. The van der Waals surface area contributed by atoms with Crippen LogP contribution in [0.2, 0.25) is 0 Å². The van der Waals surface area contributed by atoms with E-state index in [2.05, 4.69) is 59.5 Å². The van der Waals surface area contributed by atoms with Crippen molar-refractivity contribution >= 4 is 17.3 Å². The maximum Gasteiger partial charge on any atom is 0.335 e. The predicted molar refractivity (Wildman–Crippen MR) is 179 cm³/mol. The number of hydrogen-bond donors (Lipinski definition) is 2. The minimum absolute atomic E-state index is 0.0186. The van der Waals surface area contributed by atoms with E-state index >= 15 is 0 Å². The van der Waals surface area contributed by atoms with Crippen molar-refractivity contribution in [3.8, 4) is 0 Å². The summed E-state index contributed by atoms with van der Waals surface area (Å²) >= 11 is 0. The van der Waals surface area contributed by atoms with Crippen LogP contribution in [0.4, 0.5) is 0 Å². The molecule has 0 amide bonds. The van der Waals surface area contributed by atoms with E-state index in [4.69, 9.17) is 0 Å². The lowest BCUT2D eigenvalue weighted by atomic mass is 9.33. The second kappa shape index (κ2) is 10.7. The second-order valence-corrected chi connectivity index (χ2v) is 17.0. The molecule has 240 valence electrons. The molecule has 0 aliphatic heterocycles. The molecule has 0 radical (unpaired) electrons. The average Bonchev–Trinajstić information content (AvgIpc) is 3.36. The third-order valence-electron chi connectivity index (χ3n) is 15.1. The molecule has 1 aromatic carbocycles. The lowest BCUT2D eigenvalue weighted by molar-refractivity contribution is -0.219. The van der Waals surface area contributed by atoms with Crippen LogP contribution < -0.4 is 5.32 Å². The molecule has 0 spiro atoms. The van der Waals surface area contributed by atoms with Gasteiger partial charge in [0.15, 0.2) is 0 Å². The van der Waals surface area contributed by atoms with E-state index in [-0.39, 0.29) is 27.2 Å². The van der Waals surface area contributed by atoms with E-state index in [1.165, 1.54) is 68.1 Å². The van der Waals surface area contributed by atoms with Gasteiger partial charge in [0.25, 0.3) is 0 Å². The lowest BCUT2D eigenvalue weighted by Crippen LogP contribution is -2.68. The first-order chi connectivity index (χ1) is 20.6. The molecule has 4 nitrogen and oxygen atoms in total. The Labute approximate surface area is 266 Å². The van der Waals surface area contributed by atoms with Gasteiger partial charge in [-0.05, 0) is 139 Å². The molecule has 44 heavy (non-hydrogen) atoms. The number of allylic oxidation sites excluding steroid dienone is 3. The number of carboxylic acids is 1. The van der Waals surface area contributed by atoms with Crippen molar-refractivity contribution in [2.75, 3.05) is 6.54 Å². The fraction of sp³-hybridized carbons (Fsp3) is 0.700. The molecule has 5 aliphatic carbocycles. The third kappa shape index (κ3) is 4.39. The van der Waals surface area contributed by atoms with Crippen molar-refractivity contribution in [1.82, 2.24) is 5.32 Å². The van der Waals surface area contributed by atoms with Gasteiger partial charge in [0.1, 0.15) is 5.78 Å². The fourth-order valence-corrected chi connectivity index (χ4v) is 12.7. The van der Waals surface area contributed by atoms with Crippen LogP contribution in [-0.2, 0) is 4.79 Å². The lowest BCUT2D eigenvalue weighted by Gasteiger charge is -2.72. The zero-order valence-corrected chi connectivity index (χ0v) is 28.5. The van der Waals surface area contributed by atoms with Crippen molar-refractivity contribution in [2.45, 2.75) is 118 Å². The molecule has 0 heterocycles. The molecular formula is C40H57NO3. The van der Waals surface area contributed by atoms with Crippen LogP contribution in [0.25, 0.3) is 5.57 Å². The van der Waals surface area contributed by atoms with Crippen LogP contribution in [0.15, 0.2) is 42.5 Å². The van der Waals surface area contributed by atoms with Gasteiger partial charge in [0, 0.05) is 12.0 Å². The van der Waals surface area contributed by atoms with E-state index in [0.29, 0.717) is 53.9 Å². The maximum absolute atomic E-state index is 12.5. The summed E-state index contributed by atoms with van der Waals surface area (Å²) in [4.78, 5) is 24.0. The number of carbonyl (C=O) groups is 2. The summed E-state index contributed by atoms with van der Waals surface area (Å²) in [5, 5.41) is 13.4. The number of rotatable bonds is 7. The molecule has 6 rings (SSSR count). The summed E-state index contributed by atoms with van der Waals surface area (Å²) < 4.78 is 0. The van der Waals surface area contributed by atoms with Crippen LogP contribution in [-0.4, -0.2) is 28.9 Å². The van der Waals surface area contributed by atoms with E-state index in [9.17, 15) is 14.7 Å². The van der Waals surface area contributed by atoms with Crippen LogP contribution in [0.5, 0.6) is 0 Å². The highest BCUT2D eigenvalue weighted by atomic mass is 16.4. The average molecular weight is 600 g/mol. The number of aromatic carboxylic acids is 1. The Balaban J connectivity index is 1.34. The molecule has 2 N–H and O–H groups in total. The largest absolute Gasteiger partial charge is 0.478 e. The van der Waals surface area contributed by atoms with Gasteiger partial charge in [-0.15, -0.1) is 0 Å². The van der Waals surface area contributed by atoms with Crippen molar-refractivity contribution in [3.63, 3.8) is 0 Å². The highest BCUT2D eigenvalue weighted by Crippen LogP contribution is 2.76. The van der Waals surface area contributed by atoms with Crippen LogP contribution in [0, 0.1) is 51.2 Å². The van der Waals surface area contributed by atoms with Gasteiger partial charge >= 0.3 is 5.97 Å². The molecule has 0 unspecified atom stereocenters. The molecule has 9 atom stereocenters. The number of carboxylic acid groups (broad SMARTS) is 1. The number of carbonyl (C=O) groups excluding carboxylic acids is 1. The van der Waals surface area contributed by atoms with E-state index in [1.807, 2.05) is 19.1 Å². The molecule has 0 aromatic heterocycles. The van der Waals surface area contributed by atoms with Crippen molar-refractivity contribution in [2.24, 2.45) is 51.2 Å². The van der Waals surface area contributed by atoms with Gasteiger partial charge in [-0.2, -0.15) is 0 Å². The minimum atomic E-state index is -0.867. The predicted octanol–water partition coefficient (Wildman–Crippen LogP) is 9.36. The third-order valence-corrected chi connectivity index (χ3v) is 15.1. The highest BCUT2D eigenvalue weighted by Gasteiger charge is 2.70. The first-order valence-electron chi connectivity index (χ1n) is 17.6. The Kier molecular flexibility index (Phi) is 7.71. The quantitative estimate of drug-likeness (QED) is 0.307. The first-order valence-corrected chi connectivity index (χ1v) is 17.6. The number of nitrogens with one attached hydrogen (secondary N) is 1. The topological polar surface area (TPSA) is 66.4 Å². The number of ketones is 1. The molecule has 4 saturated carbocycles. The van der Waals surface area contributed by atoms with Gasteiger partial charge in [-0.1, -0.05) is 71.9 Å². The standard InChI is InChI=1S/C40H57NO3/c1-9-28(42)24-41-40-21-16-29(25(2)3)34(40)31-14-15-33-37(6)19-17-30(26-10-12-27(13-11-26)35(43)44)36(4,5)32(37)18-20-39(33,8)38(31,7)22-23-40/h10-13,17,29,31-34,41H,2,9,14-16,18-24H2,1,3-8H3,(H,43,44)/t29-,31+,32-,33+,34+,37-,38+,39+,40-/m0/s1. The number of benzene rings is 1. The van der Waals surface area contributed by atoms with Gasteiger partial charge in [-0.3, -0.25) is 4.79 Å². The fourth-order valence-electron chi connectivity index (χ4n) is 12.7. The van der Waals surface area contributed by atoms with Crippen LogP contribution in [0.3, 0.4) is 0 Å². The summed E-state index contributed by atoms with van der Waals surface area (Å²) in [7, 11) is 0. The Morgan fingerprint density at radius 3 is 2.25 bits per heavy atom. The van der Waals surface area contributed by atoms with Crippen molar-refractivity contribution < 1.29 is 14.7 Å². The number of hydrogen-bond acceptors (Lipinski definition) is 3. The minimum Gasteiger partial charge on any atom is -0.478 e. The summed E-state index contributed by atoms with van der Waals surface area (Å²) in [6, 6.07) is 7.57. The summed E-state index contributed by atoms with van der Waals surface area (Å²) in [6.07, 6.45) is 14.1. The molecule has 4 heteroatoms. The summed E-state index contributed by atoms with van der Waals surface area (Å²) in [5.41, 5.74) is 5.14. The van der Waals surface area contributed by atoms with E-state index in [0.717, 1.165) is 6.42 Å². The molecular weight excluding hydrogens is 542 g/mol. The normalized spacial score (nSPS) is 42.2. The van der Waals surface area contributed by atoms with Gasteiger partial charge in [0.05, 0.1) is 12.1 Å². The number of Topliss-reactive ketones (excluding diaryl/α,β-unsaturated/α-hetero) is 1. The molecule has 0 bridgehead atoms. The Morgan fingerprint density at radius 2 is 1.61 bits per heavy atom. The van der Waals surface area contributed by atoms with Crippen molar-refractivity contribution in [1.29, 1.82) is 0 Å². The summed E-state index contributed by atoms with van der Waals surface area (Å²) in [6.45, 7) is 22.2. The van der Waals surface area contributed by atoms with E-state index in [1.54, 1.807) is 12.1 Å². The number of fused-ring (bicyclic) bond motifs is 7. The Hall–Kier alpha value is -2.20. The zero-order valence-electron chi connectivity index (χ0n) is 28.5. The molecule has 4 fully saturated rings. The molecule has 1 aromatic rings. The maximum atomic E-state index is 12.5. The smallest absolute Gasteiger partial charge is 0.335 e. The SMILES string of the molecule is C=C(C)[C@@H]1CC[C@]2(NCC(=O)CC)CC[C@]3(C)[C@H](CC[C@@H]4[C@@]5(C)CC=C(c6ccc(C(=O)O)cc6)C(C)(C)[C@@H]5CC[C@]43C)[C@@H]12. The van der Waals surface area contributed by atoms with Crippen LogP contribution >= 0.6 is 0 Å². The van der Waals surface area contributed by atoms with E-state index < -0.39 is 5.97 Å². The first kappa shape index (κ1) is 31.8. The Bertz CT molecular complexity index is 1370. The Morgan fingerprint density at radius 1 is 0.909 bits per heavy atom. The van der Waals surface area contributed by atoms with Crippen LogP contribution in [0.1, 0.15) is 129 Å². The van der Waals surface area contributed by atoms with Gasteiger partial charge in [0.2, 0.25) is 0 Å². The second-order valence-electron chi connectivity index (χ2n) is 17.0. The van der Waals surface area contributed by atoms with Crippen molar-refractivity contribution in [3.05, 3.63) is 53.6 Å². The monoisotopic (exact) mass is 599 g/mol. The van der Waals surface area contributed by atoms with Gasteiger partial charge < -0.3 is 10.4 Å². The van der Waals surface area contributed by atoms with Gasteiger partial charge in [-0.25, -0.2) is 4.79 Å². The highest BCUT2D eigenvalue weighted by molar-refractivity contribution is 5.88. The summed E-state index contributed by atoms with van der Waals surface area (Å²) in [5.74, 6) is 2.49. The molecule has 0 saturated heterocycles.